The first-order valence-corrected chi connectivity index (χ1v) is 11.8. The third kappa shape index (κ3) is 5.96. The van der Waals surface area contributed by atoms with E-state index in [0.29, 0.717) is 23.9 Å². The van der Waals surface area contributed by atoms with Gasteiger partial charge in [0.2, 0.25) is 0 Å². The molecular formula is C26H31F3N4O2. The number of alkyl halides is 3. The van der Waals surface area contributed by atoms with Crippen molar-refractivity contribution in [1.82, 2.24) is 20.2 Å². The fourth-order valence-electron chi connectivity index (χ4n) is 4.97. The van der Waals surface area contributed by atoms with Crippen LogP contribution in [-0.2, 0) is 5.54 Å². The zero-order chi connectivity index (χ0) is 25.2. The molecule has 0 aliphatic heterocycles. The van der Waals surface area contributed by atoms with Crippen LogP contribution in [-0.4, -0.2) is 52.7 Å². The van der Waals surface area contributed by atoms with Gasteiger partial charge in [-0.15, -0.1) is 0 Å². The molecule has 2 heterocycles. The van der Waals surface area contributed by atoms with Gasteiger partial charge in [-0.2, -0.15) is 13.2 Å². The van der Waals surface area contributed by atoms with Crippen LogP contribution in [0.25, 0.3) is 11.0 Å². The number of fused-ring (bicyclic) bond motifs is 1. The minimum atomic E-state index is -4.50. The van der Waals surface area contributed by atoms with E-state index in [4.69, 9.17) is 4.74 Å². The Hall–Kier alpha value is -3.07. The number of nitrogens with one attached hydrogen (secondary N) is 2. The van der Waals surface area contributed by atoms with E-state index in [1.165, 1.54) is 6.07 Å². The van der Waals surface area contributed by atoms with Gasteiger partial charge in [0.15, 0.2) is 0 Å². The van der Waals surface area contributed by atoms with Crippen LogP contribution in [0.1, 0.15) is 55.6 Å². The predicted molar refractivity (Wildman–Crippen MR) is 128 cm³/mol. The fraction of sp³-hybridized carbons (Fsp3) is 0.462. The molecule has 1 aliphatic rings. The molecule has 9 heteroatoms. The number of pyridine rings is 1. The van der Waals surface area contributed by atoms with Crippen LogP contribution in [0.3, 0.4) is 0 Å². The molecule has 0 saturated heterocycles. The Labute approximate surface area is 202 Å². The zero-order valence-electron chi connectivity index (χ0n) is 20.2. The van der Waals surface area contributed by atoms with E-state index in [9.17, 15) is 18.0 Å². The Morgan fingerprint density at radius 2 is 1.94 bits per heavy atom. The van der Waals surface area contributed by atoms with E-state index < -0.39 is 30.2 Å². The molecule has 1 saturated carbocycles. The number of carbonyl (C=O) groups is 1. The molecule has 0 radical (unpaired) electrons. The number of carbonyl (C=O) groups excluding carboxylic acids is 1. The lowest BCUT2D eigenvalue weighted by Gasteiger charge is -2.41. The highest BCUT2D eigenvalue weighted by atomic mass is 19.4. The van der Waals surface area contributed by atoms with Gasteiger partial charge in [-0.3, -0.25) is 9.78 Å². The van der Waals surface area contributed by atoms with Crippen molar-refractivity contribution >= 4 is 16.9 Å². The number of methoxy groups -OCH3 is 1. The highest BCUT2D eigenvalue weighted by molar-refractivity contribution is 5.97. The molecule has 2 aromatic heterocycles. The number of ether oxygens (including phenoxy) is 1. The number of hydrogen-bond acceptors (Lipinski definition) is 4. The van der Waals surface area contributed by atoms with Crippen LogP contribution in [0.15, 0.2) is 48.7 Å². The molecule has 6 nitrogen and oxygen atoms in total. The predicted octanol–water partition coefficient (Wildman–Crippen LogP) is 5.41. The maximum atomic E-state index is 13.6. The highest BCUT2D eigenvalue weighted by Crippen LogP contribution is 2.31. The molecule has 0 spiro atoms. The lowest BCUT2D eigenvalue weighted by Crippen LogP contribution is -2.52. The van der Waals surface area contributed by atoms with Crippen molar-refractivity contribution in [2.24, 2.45) is 0 Å². The molecule has 1 aliphatic carbocycles. The van der Waals surface area contributed by atoms with Gasteiger partial charge in [0.05, 0.1) is 18.1 Å². The van der Waals surface area contributed by atoms with Gasteiger partial charge in [-0.05, 0) is 75.4 Å². The van der Waals surface area contributed by atoms with Crippen molar-refractivity contribution in [3.8, 4) is 5.75 Å². The van der Waals surface area contributed by atoms with E-state index in [-0.39, 0.29) is 11.7 Å². The first kappa shape index (κ1) is 25.0. The maximum Gasteiger partial charge on any atom is 0.406 e. The zero-order valence-corrected chi connectivity index (χ0v) is 20.2. The van der Waals surface area contributed by atoms with E-state index in [2.05, 4.69) is 29.1 Å². The summed E-state index contributed by atoms with van der Waals surface area (Å²) in [6.45, 7) is 2.82. The van der Waals surface area contributed by atoms with Crippen LogP contribution in [0.5, 0.6) is 5.75 Å². The lowest BCUT2D eigenvalue weighted by atomic mass is 9.86. The summed E-state index contributed by atoms with van der Waals surface area (Å²) in [5.41, 5.74) is 1.94. The number of H-pyrrole nitrogens is 1. The largest absolute Gasteiger partial charge is 0.497 e. The van der Waals surface area contributed by atoms with Crippen molar-refractivity contribution in [2.45, 2.75) is 63.3 Å². The van der Waals surface area contributed by atoms with Crippen molar-refractivity contribution < 1.29 is 22.7 Å². The van der Waals surface area contributed by atoms with Gasteiger partial charge >= 0.3 is 6.18 Å². The van der Waals surface area contributed by atoms with E-state index in [1.54, 1.807) is 25.4 Å². The molecule has 1 fully saturated rings. The van der Waals surface area contributed by atoms with Crippen LogP contribution in [0.4, 0.5) is 13.2 Å². The SMILES string of the molecule is COc1ccc(C(C)(C)N[C@@H]2CCC[C@H](N(CC(F)(F)F)C(=O)c3cc4ncccc4[nH]3)C2)cc1. The van der Waals surface area contributed by atoms with Crippen LogP contribution in [0.2, 0.25) is 0 Å². The number of aromatic amines is 1. The number of amides is 1. The molecule has 35 heavy (non-hydrogen) atoms. The van der Waals surface area contributed by atoms with E-state index >= 15 is 0 Å². The Balaban J connectivity index is 1.53. The second kappa shape index (κ2) is 9.89. The number of aromatic nitrogens is 2. The van der Waals surface area contributed by atoms with Gasteiger partial charge in [0, 0.05) is 23.8 Å². The van der Waals surface area contributed by atoms with Gasteiger partial charge in [0.1, 0.15) is 18.0 Å². The van der Waals surface area contributed by atoms with Crippen molar-refractivity contribution in [3.05, 3.63) is 59.9 Å². The smallest absolute Gasteiger partial charge is 0.406 e. The molecule has 3 aromatic rings. The summed E-state index contributed by atoms with van der Waals surface area (Å²) < 4.78 is 45.9. The Morgan fingerprint density at radius 3 is 2.60 bits per heavy atom. The second-order valence-corrected chi connectivity index (χ2v) is 9.68. The molecule has 0 unspecified atom stereocenters. The Morgan fingerprint density at radius 1 is 1.20 bits per heavy atom. The average molecular weight is 489 g/mol. The summed E-state index contributed by atoms with van der Waals surface area (Å²) >= 11 is 0. The Kier molecular flexibility index (Phi) is 7.07. The number of rotatable bonds is 7. The molecule has 4 rings (SSSR count). The van der Waals surface area contributed by atoms with Gasteiger partial charge in [-0.25, -0.2) is 0 Å². The first-order chi connectivity index (χ1) is 16.6. The Bertz CT molecular complexity index is 1120. The maximum absolute atomic E-state index is 13.6. The van der Waals surface area contributed by atoms with E-state index in [1.807, 2.05) is 24.3 Å². The summed E-state index contributed by atoms with van der Waals surface area (Å²) in [6.07, 6.45) is -0.374. The number of hydrogen-bond donors (Lipinski definition) is 2. The summed E-state index contributed by atoms with van der Waals surface area (Å²) in [5, 5.41) is 3.62. The van der Waals surface area contributed by atoms with Crippen LogP contribution < -0.4 is 10.1 Å². The van der Waals surface area contributed by atoms with Crippen LogP contribution >= 0.6 is 0 Å². The number of nitrogens with zero attached hydrogens (tertiary/aromatic N) is 2. The summed E-state index contributed by atoms with van der Waals surface area (Å²) in [4.78, 5) is 21.4. The molecular weight excluding hydrogens is 457 g/mol. The van der Waals surface area contributed by atoms with Crippen LogP contribution in [0, 0.1) is 0 Å². The minimum absolute atomic E-state index is 0.0289. The summed E-state index contributed by atoms with van der Waals surface area (Å²) in [7, 11) is 1.61. The number of halogens is 3. The van der Waals surface area contributed by atoms with Gasteiger partial charge in [0.25, 0.3) is 5.91 Å². The second-order valence-electron chi connectivity index (χ2n) is 9.68. The van der Waals surface area contributed by atoms with E-state index in [0.717, 1.165) is 29.1 Å². The normalized spacial score (nSPS) is 19.0. The molecule has 1 aromatic carbocycles. The lowest BCUT2D eigenvalue weighted by molar-refractivity contribution is -0.146. The molecule has 1 amide bonds. The average Bonchev–Trinajstić information content (AvgIpc) is 3.26. The summed E-state index contributed by atoms with van der Waals surface area (Å²) in [5.74, 6) is 0.108. The van der Waals surface area contributed by atoms with Crippen molar-refractivity contribution in [2.75, 3.05) is 13.7 Å². The fourth-order valence-corrected chi connectivity index (χ4v) is 4.97. The van der Waals surface area contributed by atoms with Crippen molar-refractivity contribution in [1.29, 1.82) is 0 Å². The quantitative estimate of drug-likeness (QED) is 0.467. The third-order valence-corrected chi connectivity index (χ3v) is 6.69. The van der Waals surface area contributed by atoms with Gasteiger partial charge < -0.3 is 19.9 Å². The minimum Gasteiger partial charge on any atom is -0.497 e. The highest BCUT2D eigenvalue weighted by Gasteiger charge is 2.39. The summed E-state index contributed by atoms with van der Waals surface area (Å²) in [6, 6.07) is 12.2. The molecule has 2 N–H and O–H groups in total. The first-order valence-electron chi connectivity index (χ1n) is 11.8. The van der Waals surface area contributed by atoms with Gasteiger partial charge in [-0.1, -0.05) is 12.1 Å². The monoisotopic (exact) mass is 488 g/mol. The molecule has 2 atom stereocenters. The molecule has 188 valence electrons. The standard InChI is InChI=1S/C26H31F3N4O2/c1-25(2,17-9-11-20(35-3)12-10-17)32-18-6-4-7-19(14-18)33(16-26(27,28)29)24(34)23-15-22-21(31-23)8-5-13-30-22/h5,8-13,15,18-19,31-32H,4,6-7,14,16H2,1-3H3/t18-,19+/m1/s1. The molecule has 0 bridgehead atoms. The number of benzene rings is 1. The third-order valence-electron chi connectivity index (χ3n) is 6.69. The topological polar surface area (TPSA) is 70.2 Å². The van der Waals surface area contributed by atoms with Crippen molar-refractivity contribution in [3.63, 3.8) is 0 Å².